The van der Waals surface area contributed by atoms with Gasteiger partial charge in [0.05, 0.1) is 6.54 Å². The lowest BCUT2D eigenvalue weighted by Crippen LogP contribution is -2.17. The predicted octanol–water partition coefficient (Wildman–Crippen LogP) is 6.60. The molecule has 0 aliphatic heterocycles. The summed E-state index contributed by atoms with van der Waals surface area (Å²) in [6.45, 7) is 4.64. The molecule has 25 heavy (non-hydrogen) atoms. The fourth-order valence-corrected chi connectivity index (χ4v) is 3.05. The number of fused-ring (bicyclic) bond motifs is 1. The highest BCUT2D eigenvalue weighted by molar-refractivity contribution is 5.83. The Morgan fingerprint density at radius 2 is 1.48 bits per heavy atom. The van der Waals surface area contributed by atoms with Crippen LogP contribution in [0.2, 0.25) is 0 Å². The number of benzene rings is 2. The Labute approximate surface area is 152 Å². The number of rotatable bonds is 11. The maximum atomic E-state index is 10.6. The fraction of sp³-hybridized carbons (Fsp3) is 0.545. The van der Waals surface area contributed by atoms with E-state index in [1.807, 2.05) is 36.4 Å². The zero-order valence-corrected chi connectivity index (χ0v) is 15.7. The van der Waals surface area contributed by atoms with Crippen molar-refractivity contribution < 1.29 is 5.11 Å². The van der Waals surface area contributed by atoms with Gasteiger partial charge in [0.15, 0.2) is 5.72 Å². The Kier molecular flexibility index (Phi) is 8.07. The largest absolute Gasteiger partial charge is 0.364 e. The van der Waals surface area contributed by atoms with E-state index in [9.17, 15) is 5.11 Å². The minimum absolute atomic E-state index is 0.693. The molecule has 3 nitrogen and oxygen atoms in total. The first kappa shape index (κ1) is 19.6. The van der Waals surface area contributed by atoms with Crippen molar-refractivity contribution in [2.45, 2.75) is 70.9 Å². The molecule has 1 atom stereocenters. The van der Waals surface area contributed by atoms with Crippen molar-refractivity contribution in [3.63, 3.8) is 0 Å². The number of unbranched alkanes of at least 4 members (excludes halogenated alkanes) is 7. The van der Waals surface area contributed by atoms with Crippen molar-refractivity contribution in [1.29, 1.82) is 0 Å². The molecule has 0 spiro atoms. The van der Waals surface area contributed by atoms with Crippen LogP contribution in [0.25, 0.3) is 10.8 Å². The summed E-state index contributed by atoms with van der Waals surface area (Å²) in [5.41, 5.74) is -0.477. The third kappa shape index (κ3) is 6.58. The molecule has 2 rings (SSSR count). The molecule has 2 aromatic rings. The van der Waals surface area contributed by atoms with E-state index >= 15 is 0 Å². The molecule has 3 heteroatoms. The van der Waals surface area contributed by atoms with Crippen molar-refractivity contribution in [2.24, 2.45) is 10.2 Å². The summed E-state index contributed by atoms with van der Waals surface area (Å²) < 4.78 is 0. The molecular formula is C22H32N2O. The molecule has 0 aromatic heterocycles. The minimum Gasteiger partial charge on any atom is -0.364 e. The molecule has 0 radical (unpaired) electrons. The van der Waals surface area contributed by atoms with Crippen LogP contribution in [-0.4, -0.2) is 11.7 Å². The number of azo groups is 1. The first-order chi connectivity index (χ1) is 12.1. The summed E-state index contributed by atoms with van der Waals surface area (Å²) >= 11 is 0. The van der Waals surface area contributed by atoms with E-state index in [1.165, 1.54) is 44.9 Å². The van der Waals surface area contributed by atoms with Gasteiger partial charge in [0.2, 0.25) is 0 Å². The second kappa shape index (κ2) is 10.3. The molecule has 0 bridgehead atoms. The van der Waals surface area contributed by atoms with Crippen molar-refractivity contribution in [3.8, 4) is 0 Å². The monoisotopic (exact) mass is 340 g/mol. The zero-order valence-electron chi connectivity index (χ0n) is 15.7. The van der Waals surface area contributed by atoms with E-state index in [2.05, 4.69) is 23.2 Å². The molecule has 0 aliphatic carbocycles. The summed E-state index contributed by atoms with van der Waals surface area (Å²) in [6.07, 6.45) is 10.2. The molecule has 1 N–H and O–H groups in total. The summed E-state index contributed by atoms with van der Waals surface area (Å²) in [4.78, 5) is 0. The number of hydrogen-bond acceptors (Lipinski definition) is 3. The summed E-state index contributed by atoms with van der Waals surface area (Å²) in [5.74, 6) is 0. The standard InChI is InChI=1S/C22H32N2O/c1-3-4-5-6-7-8-9-12-17-23-24-22(2,25)21-16-15-19-13-10-11-14-20(19)18-21/h10-11,13-16,18,25H,3-9,12,17H2,1-2H3/b24-23+. The summed E-state index contributed by atoms with van der Waals surface area (Å²) in [7, 11) is 0. The van der Waals surface area contributed by atoms with E-state index in [0.717, 1.165) is 22.8 Å². The summed E-state index contributed by atoms with van der Waals surface area (Å²) in [5, 5.41) is 21.3. The van der Waals surface area contributed by atoms with Crippen LogP contribution < -0.4 is 0 Å². The van der Waals surface area contributed by atoms with Gasteiger partial charge in [0, 0.05) is 5.56 Å². The quantitative estimate of drug-likeness (QED) is 0.363. The van der Waals surface area contributed by atoms with E-state index in [1.54, 1.807) is 6.92 Å². The Balaban J connectivity index is 1.75. The highest BCUT2D eigenvalue weighted by Gasteiger charge is 2.22. The van der Waals surface area contributed by atoms with E-state index in [0.29, 0.717) is 6.54 Å². The molecular weight excluding hydrogens is 308 g/mol. The number of hydrogen-bond donors (Lipinski definition) is 1. The van der Waals surface area contributed by atoms with Gasteiger partial charge >= 0.3 is 0 Å². The molecule has 0 amide bonds. The molecule has 1 unspecified atom stereocenters. The van der Waals surface area contributed by atoms with Crippen molar-refractivity contribution in [2.75, 3.05) is 6.54 Å². The van der Waals surface area contributed by atoms with Crippen molar-refractivity contribution in [1.82, 2.24) is 0 Å². The highest BCUT2D eigenvalue weighted by Crippen LogP contribution is 2.26. The van der Waals surface area contributed by atoms with Gasteiger partial charge < -0.3 is 5.11 Å². The first-order valence-electron chi connectivity index (χ1n) is 9.74. The zero-order chi connectivity index (χ0) is 18.0. The van der Waals surface area contributed by atoms with Crippen LogP contribution in [0.15, 0.2) is 52.7 Å². The number of nitrogens with zero attached hydrogens (tertiary/aromatic N) is 2. The van der Waals surface area contributed by atoms with Gasteiger partial charge in [-0.15, -0.1) is 0 Å². The van der Waals surface area contributed by atoms with Gasteiger partial charge in [-0.05, 0) is 30.2 Å². The van der Waals surface area contributed by atoms with Gasteiger partial charge in [-0.3, -0.25) is 0 Å². The molecule has 136 valence electrons. The van der Waals surface area contributed by atoms with Gasteiger partial charge in [0.1, 0.15) is 0 Å². The van der Waals surface area contributed by atoms with Crippen LogP contribution >= 0.6 is 0 Å². The molecule has 0 aliphatic rings. The van der Waals surface area contributed by atoms with Gasteiger partial charge in [-0.1, -0.05) is 88.3 Å². The third-order valence-electron chi connectivity index (χ3n) is 4.67. The third-order valence-corrected chi connectivity index (χ3v) is 4.67. The molecule has 0 saturated carbocycles. The van der Waals surface area contributed by atoms with Crippen molar-refractivity contribution in [3.05, 3.63) is 48.0 Å². The second-order valence-electron chi connectivity index (χ2n) is 7.02. The van der Waals surface area contributed by atoms with Crippen LogP contribution in [0, 0.1) is 0 Å². The normalized spacial score (nSPS) is 14.2. The lowest BCUT2D eigenvalue weighted by Gasteiger charge is -2.18. The van der Waals surface area contributed by atoms with Crippen LogP contribution in [-0.2, 0) is 5.72 Å². The Morgan fingerprint density at radius 3 is 2.20 bits per heavy atom. The Bertz CT molecular complexity index is 664. The Morgan fingerprint density at radius 1 is 0.840 bits per heavy atom. The van der Waals surface area contributed by atoms with Crippen LogP contribution in [0.4, 0.5) is 0 Å². The lowest BCUT2D eigenvalue weighted by molar-refractivity contribution is 0.0584. The van der Waals surface area contributed by atoms with Crippen LogP contribution in [0.3, 0.4) is 0 Å². The fourth-order valence-electron chi connectivity index (χ4n) is 3.05. The molecule has 0 fully saturated rings. The maximum absolute atomic E-state index is 10.6. The van der Waals surface area contributed by atoms with Crippen LogP contribution in [0.1, 0.15) is 70.8 Å². The average Bonchev–Trinajstić information content (AvgIpc) is 2.63. The van der Waals surface area contributed by atoms with Crippen LogP contribution in [0.5, 0.6) is 0 Å². The SMILES string of the molecule is CCCCCCCCCC/N=N/C(C)(O)c1ccc2ccccc2c1. The predicted molar refractivity (Wildman–Crippen MR) is 106 cm³/mol. The first-order valence-corrected chi connectivity index (χ1v) is 9.74. The molecule has 0 heterocycles. The summed E-state index contributed by atoms with van der Waals surface area (Å²) in [6, 6.07) is 14.1. The number of aliphatic hydroxyl groups is 1. The van der Waals surface area contributed by atoms with E-state index in [-0.39, 0.29) is 0 Å². The molecule has 2 aromatic carbocycles. The maximum Gasteiger partial charge on any atom is 0.199 e. The average molecular weight is 341 g/mol. The highest BCUT2D eigenvalue weighted by atomic mass is 16.3. The van der Waals surface area contributed by atoms with Gasteiger partial charge in [-0.25, -0.2) is 0 Å². The topological polar surface area (TPSA) is 45.0 Å². The van der Waals surface area contributed by atoms with Crippen molar-refractivity contribution >= 4 is 10.8 Å². The van der Waals surface area contributed by atoms with Gasteiger partial charge in [-0.2, -0.15) is 10.2 Å². The Hall–Kier alpha value is -1.74. The van der Waals surface area contributed by atoms with E-state index in [4.69, 9.17) is 0 Å². The molecule has 0 saturated heterocycles. The minimum atomic E-state index is -1.26. The van der Waals surface area contributed by atoms with Gasteiger partial charge in [0.25, 0.3) is 0 Å². The van der Waals surface area contributed by atoms with E-state index < -0.39 is 5.72 Å². The smallest absolute Gasteiger partial charge is 0.199 e. The second-order valence-corrected chi connectivity index (χ2v) is 7.02. The lowest BCUT2D eigenvalue weighted by atomic mass is 10.0.